The van der Waals surface area contributed by atoms with E-state index in [1.807, 2.05) is 24.3 Å². The number of fused-ring (bicyclic) bond motifs is 1. The molecule has 21 heavy (non-hydrogen) atoms. The fraction of sp³-hybridized carbons (Fsp3) is 0.294. The molecule has 0 heterocycles. The lowest BCUT2D eigenvalue weighted by atomic mass is 9.98. The van der Waals surface area contributed by atoms with Crippen LogP contribution in [0.25, 0.3) is 10.8 Å². The standard InChI is InChI=1S/C17H16O4/c1-20-15-8-7-12(10-5-3-4-6-11(10)15)16(18)13-9-14(13)17(19)21-2/h3-8,13-14H,9H2,1-2H3/t13-,14-/m0/s1. The molecule has 108 valence electrons. The number of carbonyl (C=O) groups is 2. The highest BCUT2D eigenvalue weighted by Gasteiger charge is 2.49. The lowest BCUT2D eigenvalue weighted by Crippen LogP contribution is -2.10. The van der Waals surface area contributed by atoms with Crippen LogP contribution in [0, 0.1) is 11.8 Å². The molecular weight excluding hydrogens is 268 g/mol. The zero-order valence-electron chi connectivity index (χ0n) is 12.0. The Morgan fingerprint density at radius 3 is 2.38 bits per heavy atom. The number of benzene rings is 2. The fourth-order valence-corrected chi connectivity index (χ4v) is 2.76. The normalized spacial score (nSPS) is 20.1. The number of rotatable bonds is 4. The van der Waals surface area contributed by atoms with Crippen LogP contribution in [0.3, 0.4) is 0 Å². The molecule has 0 radical (unpaired) electrons. The number of methoxy groups -OCH3 is 2. The molecule has 1 saturated carbocycles. The van der Waals surface area contributed by atoms with Crippen LogP contribution >= 0.6 is 0 Å². The van der Waals surface area contributed by atoms with Crippen molar-refractivity contribution < 1.29 is 19.1 Å². The van der Waals surface area contributed by atoms with Crippen LogP contribution < -0.4 is 4.74 Å². The highest BCUT2D eigenvalue weighted by atomic mass is 16.5. The summed E-state index contributed by atoms with van der Waals surface area (Å²) in [5.74, 6) is -0.101. The first-order valence-electron chi connectivity index (χ1n) is 6.85. The molecule has 0 aromatic heterocycles. The van der Waals surface area contributed by atoms with Crippen molar-refractivity contribution in [3.05, 3.63) is 42.0 Å². The van der Waals surface area contributed by atoms with Crippen molar-refractivity contribution in [3.63, 3.8) is 0 Å². The van der Waals surface area contributed by atoms with Gasteiger partial charge in [-0.05, 0) is 23.9 Å². The second-order valence-electron chi connectivity index (χ2n) is 5.20. The van der Waals surface area contributed by atoms with Gasteiger partial charge in [0.2, 0.25) is 0 Å². The first-order valence-corrected chi connectivity index (χ1v) is 6.85. The second kappa shape index (κ2) is 5.20. The highest BCUT2D eigenvalue weighted by molar-refractivity contribution is 6.12. The van der Waals surface area contributed by atoms with Crippen LogP contribution in [0.15, 0.2) is 36.4 Å². The van der Waals surface area contributed by atoms with Crippen molar-refractivity contribution in [1.82, 2.24) is 0 Å². The van der Waals surface area contributed by atoms with E-state index in [9.17, 15) is 9.59 Å². The lowest BCUT2D eigenvalue weighted by molar-refractivity contribution is -0.142. The molecule has 4 heteroatoms. The Balaban J connectivity index is 1.99. The Morgan fingerprint density at radius 1 is 1.00 bits per heavy atom. The van der Waals surface area contributed by atoms with E-state index in [0.29, 0.717) is 12.0 Å². The third kappa shape index (κ3) is 2.27. The van der Waals surface area contributed by atoms with E-state index in [1.165, 1.54) is 7.11 Å². The van der Waals surface area contributed by atoms with Crippen molar-refractivity contribution in [2.75, 3.05) is 14.2 Å². The summed E-state index contributed by atoms with van der Waals surface area (Å²) in [7, 11) is 2.96. The molecule has 0 unspecified atom stereocenters. The number of esters is 1. The molecule has 0 amide bonds. The predicted octanol–water partition coefficient (Wildman–Crippen LogP) is 2.84. The first kappa shape index (κ1) is 13.6. The van der Waals surface area contributed by atoms with Gasteiger partial charge in [0.1, 0.15) is 5.75 Å². The molecule has 1 aliphatic rings. The largest absolute Gasteiger partial charge is 0.496 e. The maximum Gasteiger partial charge on any atom is 0.309 e. The number of ether oxygens (including phenoxy) is 2. The second-order valence-corrected chi connectivity index (χ2v) is 5.20. The smallest absolute Gasteiger partial charge is 0.309 e. The van der Waals surface area contributed by atoms with Gasteiger partial charge in [0.15, 0.2) is 5.78 Å². The van der Waals surface area contributed by atoms with E-state index in [2.05, 4.69) is 0 Å². The van der Waals surface area contributed by atoms with Gasteiger partial charge < -0.3 is 9.47 Å². The molecule has 3 rings (SSSR count). The third-order valence-electron chi connectivity index (χ3n) is 4.00. The summed E-state index contributed by atoms with van der Waals surface area (Å²) in [5, 5.41) is 1.76. The average molecular weight is 284 g/mol. The van der Waals surface area contributed by atoms with E-state index in [4.69, 9.17) is 9.47 Å². The van der Waals surface area contributed by atoms with Crippen molar-refractivity contribution in [3.8, 4) is 5.75 Å². The van der Waals surface area contributed by atoms with E-state index in [0.717, 1.165) is 16.5 Å². The topological polar surface area (TPSA) is 52.6 Å². The minimum absolute atomic E-state index is 0.00394. The molecule has 0 saturated heterocycles. The van der Waals surface area contributed by atoms with Crippen molar-refractivity contribution in [2.45, 2.75) is 6.42 Å². The molecule has 2 aromatic carbocycles. The Labute approximate surface area is 122 Å². The van der Waals surface area contributed by atoms with Crippen LogP contribution in [-0.4, -0.2) is 26.0 Å². The van der Waals surface area contributed by atoms with Crippen molar-refractivity contribution in [2.24, 2.45) is 11.8 Å². The zero-order chi connectivity index (χ0) is 15.0. The molecular formula is C17H16O4. The predicted molar refractivity (Wildman–Crippen MR) is 78.4 cm³/mol. The van der Waals surface area contributed by atoms with Crippen molar-refractivity contribution in [1.29, 1.82) is 0 Å². The molecule has 4 nitrogen and oxygen atoms in total. The van der Waals surface area contributed by atoms with Crippen LogP contribution in [0.4, 0.5) is 0 Å². The summed E-state index contributed by atoms with van der Waals surface area (Å²) in [6.07, 6.45) is 0.575. The fourth-order valence-electron chi connectivity index (χ4n) is 2.76. The van der Waals surface area contributed by atoms with Gasteiger partial charge >= 0.3 is 5.97 Å². The Kier molecular flexibility index (Phi) is 3.37. The maximum atomic E-state index is 12.6. The summed E-state index contributed by atoms with van der Waals surface area (Å²) in [5.41, 5.74) is 0.641. The number of hydrogen-bond acceptors (Lipinski definition) is 4. The lowest BCUT2D eigenvalue weighted by Gasteiger charge is -2.09. The Hall–Kier alpha value is -2.36. The molecule has 0 N–H and O–H groups in total. The number of ketones is 1. The number of Topliss-reactive ketones (excluding diaryl/α,β-unsaturated/α-hetero) is 1. The summed E-state index contributed by atoms with van der Waals surface area (Å²) in [4.78, 5) is 24.1. The van der Waals surface area contributed by atoms with Gasteiger partial charge in [-0.25, -0.2) is 0 Å². The van der Waals surface area contributed by atoms with E-state index in [-0.39, 0.29) is 23.6 Å². The van der Waals surface area contributed by atoms with Crippen LogP contribution in [0.1, 0.15) is 16.8 Å². The minimum atomic E-state index is -0.300. The van der Waals surface area contributed by atoms with Gasteiger partial charge in [-0.15, -0.1) is 0 Å². The molecule has 0 aliphatic heterocycles. The summed E-state index contributed by atoms with van der Waals surface area (Å²) in [6.45, 7) is 0. The molecule has 2 atom stereocenters. The molecule has 2 aromatic rings. The zero-order valence-corrected chi connectivity index (χ0v) is 12.0. The Morgan fingerprint density at radius 2 is 1.71 bits per heavy atom. The maximum absolute atomic E-state index is 12.6. The monoisotopic (exact) mass is 284 g/mol. The van der Waals surface area contributed by atoms with Gasteiger partial charge in [-0.1, -0.05) is 24.3 Å². The molecule has 0 bridgehead atoms. The van der Waals surface area contributed by atoms with E-state index >= 15 is 0 Å². The van der Waals surface area contributed by atoms with E-state index < -0.39 is 0 Å². The highest BCUT2D eigenvalue weighted by Crippen LogP contribution is 2.43. The first-order chi connectivity index (χ1) is 10.2. The van der Waals surface area contributed by atoms with E-state index in [1.54, 1.807) is 19.2 Å². The van der Waals surface area contributed by atoms with Crippen LogP contribution in [-0.2, 0) is 9.53 Å². The summed E-state index contributed by atoms with van der Waals surface area (Å²) in [6, 6.07) is 11.2. The number of hydrogen-bond donors (Lipinski definition) is 0. The molecule has 1 aliphatic carbocycles. The SMILES string of the molecule is COC(=O)[C@H]1C[C@@H]1C(=O)c1ccc(OC)c2ccccc12. The summed E-state index contributed by atoms with van der Waals surface area (Å²) >= 11 is 0. The van der Waals surface area contributed by atoms with Gasteiger partial charge in [0, 0.05) is 16.9 Å². The minimum Gasteiger partial charge on any atom is -0.496 e. The van der Waals surface area contributed by atoms with Gasteiger partial charge in [0.25, 0.3) is 0 Å². The van der Waals surface area contributed by atoms with Crippen LogP contribution in [0.5, 0.6) is 5.75 Å². The average Bonchev–Trinajstić information content (AvgIpc) is 3.33. The number of carbonyl (C=O) groups excluding carboxylic acids is 2. The van der Waals surface area contributed by atoms with Gasteiger partial charge in [-0.2, -0.15) is 0 Å². The quantitative estimate of drug-likeness (QED) is 0.640. The molecule has 1 fully saturated rings. The van der Waals surface area contributed by atoms with Crippen LogP contribution in [0.2, 0.25) is 0 Å². The van der Waals surface area contributed by atoms with Gasteiger partial charge in [-0.3, -0.25) is 9.59 Å². The summed E-state index contributed by atoms with van der Waals surface area (Å²) < 4.78 is 10.0. The molecule has 0 spiro atoms. The third-order valence-corrected chi connectivity index (χ3v) is 4.00. The van der Waals surface area contributed by atoms with Gasteiger partial charge in [0.05, 0.1) is 20.1 Å². The van der Waals surface area contributed by atoms with Crippen molar-refractivity contribution >= 4 is 22.5 Å². The Bertz CT molecular complexity index is 720.